The Morgan fingerprint density at radius 3 is 2.06 bits per heavy atom. The Bertz CT molecular complexity index is 484. The van der Waals surface area contributed by atoms with E-state index in [9.17, 15) is 18.6 Å². The minimum absolute atomic E-state index is 0.622. The van der Waals surface area contributed by atoms with Crippen molar-refractivity contribution in [2.24, 2.45) is 0 Å². The van der Waals surface area contributed by atoms with Crippen molar-refractivity contribution >= 4 is 10.1 Å². The molecule has 0 heterocycles. The molecule has 0 bridgehead atoms. The summed E-state index contributed by atoms with van der Waals surface area (Å²) >= 11 is 0. The summed E-state index contributed by atoms with van der Waals surface area (Å²) in [5.74, 6) is -1.24. The van der Waals surface area contributed by atoms with Gasteiger partial charge in [0.1, 0.15) is 11.5 Å². The quantitative estimate of drug-likeness (QED) is 0.547. The van der Waals surface area contributed by atoms with Crippen molar-refractivity contribution < 1.29 is 23.2 Å². The molecular formula is C12H18O5S. The van der Waals surface area contributed by atoms with E-state index in [2.05, 4.69) is 6.92 Å². The Morgan fingerprint density at radius 2 is 1.61 bits per heavy atom. The van der Waals surface area contributed by atoms with Crippen LogP contribution in [0.1, 0.15) is 38.2 Å². The molecule has 0 unspecified atom stereocenters. The minimum Gasteiger partial charge on any atom is -0.506 e. The number of benzene rings is 1. The van der Waals surface area contributed by atoms with Crippen molar-refractivity contribution in [3.8, 4) is 11.5 Å². The SMILES string of the molecule is CCCCCCc1cc(O)c(S(=O)(=O)O)c(O)c1. The lowest BCUT2D eigenvalue weighted by Gasteiger charge is -2.07. The zero-order valence-electron chi connectivity index (χ0n) is 10.3. The van der Waals surface area contributed by atoms with Gasteiger partial charge in [-0.1, -0.05) is 26.2 Å². The molecule has 18 heavy (non-hydrogen) atoms. The van der Waals surface area contributed by atoms with Gasteiger partial charge in [-0.3, -0.25) is 4.55 Å². The smallest absolute Gasteiger partial charge is 0.301 e. The Morgan fingerprint density at radius 1 is 1.06 bits per heavy atom. The summed E-state index contributed by atoms with van der Waals surface area (Å²) in [6.07, 6.45) is 4.81. The second-order valence-corrected chi connectivity index (χ2v) is 5.61. The minimum atomic E-state index is -4.61. The molecule has 0 fully saturated rings. The summed E-state index contributed by atoms with van der Waals surface area (Å²) < 4.78 is 30.7. The normalized spacial score (nSPS) is 11.7. The van der Waals surface area contributed by atoms with E-state index in [0.717, 1.165) is 25.7 Å². The van der Waals surface area contributed by atoms with Gasteiger partial charge < -0.3 is 10.2 Å². The maximum atomic E-state index is 10.9. The molecule has 1 aromatic carbocycles. The van der Waals surface area contributed by atoms with E-state index in [1.54, 1.807) is 0 Å². The van der Waals surface area contributed by atoms with E-state index >= 15 is 0 Å². The number of hydrogen-bond donors (Lipinski definition) is 3. The van der Waals surface area contributed by atoms with Crippen LogP contribution in [0.5, 0.6) is 11.5 Å². The summed E-state index contributed by atoms with van der Waals surface area (Å²) in [6, 6.07) is 2.52. The lowest BCUT2D eigenvalue weighted by atomic mass is 10.1. The van der Waals surface area contributed by atoms with Gasteiger partial charge in [0.25, 0.3) is 0 Å². The molecule has 1 aromatic rings. The fourth-order valence-corrected chi connectivity index (χ4v) is 2.47. The van der Waals surface area contributed by atoms with Gasteiger partial charge in [-0.2, -0.15) is 8.42 Å². The van der Waals surface area contributed by atoms with E-state index in [1.165, 1.54) is 12.1 Å². The number of phenols is 2. The lowest BCUT2D eigenvalue weighted by Crippen LogP contribution is -2.00. The van der Waals surface area contributed by atoms with Gasteiger partial charge in [-0.15, -0.1) is 0 Å². The summed E-state index contributed by atoms with van der Waals surface area (Å²) in [5.41, 5.74) is 0.647. The first kappa shape index (κ1) is 14.8. The van der Waals surface area contributed by atoms with E-state index in [1.807, 2.05) is 0 Å². The molecule has 0 atom stereocenters. The van der Waals surface area contributed by atoms with Crippen LogP contribution in [0.2, 0.25) is 0 Å². The first-order chi connectivity index (χ1) is 8.36. The zero-order valence-corrected chi connectivity index (χ0v) is 11.1. The Kier molecular flexibility index (Phi) is 4.98. The standard InChI is InChI=1S/C12H18O5S/c1-2-3-4-5-6-9-7-10(13)12(11(14)8-9)18(15,16)17/h7-8,13-14H,2-6H2,1H3,(H,15,16,17). The number of hydrogen-bond acceptors (Lipinski definition) is 4. The highest BCUT2D eigenvalue weighted by molar-refractivity contribution is 7.86. The van der Waals surface area contributed by atoms with Crippen LogP contribution in [-0.2, 0) is 16.5 Å². The molecule has 0 aliphatic carbocycles. The molecule has 3 N–H and O–H groups in total. The van der Waals surface area contributed by atoms with Crippen molar-refractivity contribution in [2.45, 2.75) is 43.9 Å². The highest BCUT2D eigenvalue weighted by Gasteiger charge is 2.21. The average Bonchev–Trinajstić information content (AvgIpc) is 2.21. The largest absolute Gasteiger partial charge is 0.506 e. The molecule has 102 valence electrons. The van der Waals surface area contributed by atoms with Crippen molar-refractivity contribution in [2.75, 3.05) is 0 Å². The van der Waals surface area contributed by atoms with E-state index < -0.39 is 26.5 Å². The van der Waals surface area contributed by atoms with Gasteiger partial charge in [0, 0.05) is 0 Å². The predicted molar refractivity (Wildman–Crippen MR) is 67.4 cm³/mol. The average molecular weight is 274 g/mol. The van der Waals surface area contributed by atoms with E-state index in [-0.39, 0.29) is 0 Å². The van der Waals surface area contributed by atoms with Gasteiger partial charge in [-0.05, 0) is 30.5 Å². The molecule has 0 aliphatic rings. The number of aromatic hydroxyl groups is 2. The molecule has 5 nitrogen and oxygen atoms in total. The van der Waals surface area contributed by atoms with Crippen LogP contribution in [0.15, 0.2) is 17.0 Å². The monoisotopic (exact) mass is 274 g/mol. The zero-order chi connectivity index (χ0) is 13.8. The van der Waals surface area contributed by atoms with Gasteiger partial charge in [0.2, 0.25) is 0 Å². The topological polar surface area (TPSA) is 94.8 Å². The van der Waals surface area contributed by atoms with Crippen molar-refractivity contribution in [3.05, 3.63) is 17.7 Å². The van der Waals surface area contributed by atoms with Gasteiger partial charge in [0.15, 0.2) is 4.90 Å². The second kappa shape index (κ2) is 6.06. The summed E-state index contributed by atoms with van der Waals surface area (Å²) in [5, 5.41) is 19.0. The van der Waals surface area contributed by atoms with Crippen LogP contribution in [0.25, 0.3) is 0 Å². The first-order valence-corrected chi connectivity index (χ1v) is 7.32. The molecule has 0 radical (unpaired) electrons. The fraction of sp³-hybridized carbons (Fsp3) is 0.500. The number of phenolic OH excluding ortho intramolecular Hbond substituents is 2. The third-order valence-corrected chi connectivity index (χ3v) is 3.62. The molecule has 6 heteroatoms. The maximum absolute atomic E-state index is 10.9. The highest BCUT2D eigenvalue weighted by atomic mass is 32.2. The van der Waals surface area contributed by atoms with E-state index in [0.29, 0.717) is 12.0 Å². The van der Waals surface area contributed by atoms with Crippen molar-refractivity contribution in [1.82, 2.24) is 0 Å². The third kappa shape index (κ3) is 3.89. The molecule has 0 aromatic heterocycles. The van der Waals surface area contributed by atoms with Crippen LogP contribution in [0.3, 0.4) is 0 Å². The van der Waals surface area contributed by atoms with Gasteiger partial charge in [0.05, 0.1) is 0 Å². The fourth-order valence-electron chi connectivity index (χ4n) is 1.82. The van der Waals surface area contributed by atoms with Crippen LogP contribution in [0.4, 0.5) is 0 Å². The van der Waals surface area contributed by atoms with Gasteiger partial charge in [-0.25, -0.2) is 0 Å². The predicted octanol–water partition coefficient (Wildman–Crippen LogP) is 2.47. The number of rotatable bonds is 6. The van der Waals surface area contributed by atoms with Crippen LogP contribution in [-0.4, -0.2) is 23.2 Å². The second-order valence-electron chi connectivity index (χ2n) is 4.25. The molecule has 1 rings (SSSR count). The molecule has 0 amide bonds. The van der Waals surface area contributed by atoms with Crippen LogP contribution < -0.4 is 0 Å². The Hall–Kier alpha value is -1.27. The molecule has 0 saturated heterocycles. The van der Waals surface area contributed by atoms with Crippen molar-refractivity contribution in [1.29, 1.82) is 0 Å². The summed E-state index contributed by atoms with van der Waals surface area (Å²) in [4.78, 5) is -0.834. The molecular weight excluding hydrogens is 256 g/mol. The number of unbranched alkanes of at least 4 members (excludes halogenated alkanes) is 3. The number of aryl methyl sites for hydroxylation is 1. The summed E-state index contributed by atoms with van der Waals surface area (Å²) in [6.45, 7) is 2.10. The Labute approximate surface area is 107 Å². The maximum Gasteiger partial charge on any atom is 0.301 e. The molecule has 0 saturated carbocycles. The van der Waals surface area contributed by atoms with Crippen molar-refractivity contribution in [3.63, 3.8) is 0 Å². The molecule has 0 aliphatic heterocycles. The van der Waals surface area contributed by atoms with E-state index in [4.69, 9.17) is 4.55 Å². The van der Waals surface area contributed by atoms with Gasteiger partial charge >= 0.3 is 10.1 Å². The molecule has 0 spiro atoms. The van der Waals surface area contributed by atoms with Crippen LogP contribution >= 0.6 is 0 Å². The lowest BCUT2D eigenvalue weighted by molar-refractivity contribution is 0.409. The third-order valence-electron chi connectivity index (χ3n) is 2.69. The first-order valence-electron chi connectivity index (χ1n) is 5.88. The highest BCUT2D eigenvalue weighted by Crippen LogP contribution is 2.33. The summed E-state index contributed by atoms with van der Waals surface area (Å²) in [7, 11) is -4.61. The van der Waals surface area contributed by atoms with Crippen LogP contribution in [0, 0.1) is 0 Å². The Balaban J connectivity index is 2.87.